The van der Waals surface area contributed by atoms with Gasteiger partial charge in [-0.3, -0.25) is 9.59 Å². The Morgan fingerprint density at radius 3 is 2.28 bits per heavy atom. The summed E-state index contributed by atoms with van der Waals surface area (Å²) in [4.78, 5) is 31.9. The van der Waals surface area contributed by atoms with E-state index in [0.717, 1.165) is 60.1 Å². The highest BCUT2D eigenvalue weighted by Crippen LogP contribution is 2.32. The minimum Gasteiger partial charge on any atom is -0.351 e. The lowest BCUT2D eigenvalue weighted by Crippen LogP contribution is -2.49. The predicted molar refractivity (Wildman–Crippen MR) is 195 cm³/mol. The Morgan fingerprint density at radius 1 is 0.870 bits per heavy atom. The molecule has 0 aliphatic carbocycles. The minimum absolute atomic E-state index is 0. The second kappa shape index (κ2) is 17.5. The molecule has 3 N–H and O–H groups in total. The summed E-state index contributed by atoms with van der Waals surface area (Å²) in [6, 6.07) is 30.7. The fourth-order valence-electron chi connectivity index (χ4n) is 6.59. The Bertz CT molecular complexity index is 1590. The predicted octanol–water partition coefficient (Wildman–Crippen LogP) is 7.29. The van der Waals surface area contributed by atoms with Crippen molar-refractivity contribution in [2.75, 3.05) is 32.7 Å². The molecule has 1 atom stereocenters. The van der Waals surface area contributed by atoms with E-state index in [1.54, 1.807) is 0 Å². The number of halogens is 2. The van der Waals surface area contributed by atoms with Gasteiger partial charge in [-0.15, -0.1) is 24.8 Å². The number of nitrogens with one attached hydrogen (secondary N) is 1. The Kier molecular flexibility index (Phi) is 14.1. The van der Waals surface area contributed by atoms with Crippen molar-refractivity contribution in [3.63, 3.8) is 0 Å². The van der Waals surface area contributed by atoms with Gasteiger partial charge < -0.3 is 20.9 Å². The van der Waals surface area contributed by atoms with Gasteiger partial charge in [0.25, 0.3) is 5.91 Å². The Morgan fingerprint density at radius 2 is 1.57 bits per heavy atom. The standard InChI is InChI=1S/C38H46N4O2.2ClH/c1-27(2)26-41-21-17-34(18-22-41)42(37(43)24-29-15-16-30-9-4-5-10-32(30)23-29)28(3)31-11-8-12-33(25-31)35-13-6-7-14-36(35)38(44)40-20-19-39;;/h4-16,23,25,27-28,34H,17-22,24,26,39H2,1-3H3,(H,40,44);2*1H. The average Bonchev–Trinajstić information content (AvgIpc) is 3.04. The van der Waals surface area contributed by atoms with Gasteiger partial charge in [0, 0.05) is 44.3 Å². The molecule has 246 valence electrons. The molecule has 0 aromatic heterocycles. The zero-order chi connectivity index (χ0) is 31.1. The number of rotatable bonds is 11. The lowest BCUT2D eigenvalue weighted by molar-refractivity contribution is -0.136. The van der Waals surface area contributed by atoms with E-state index < -0.39 is 0 Å². The highest BCUT2D eigenvalue weighted by molar-refractivity contribution is 6.01. The zero-order valence-electron chi connectivity index (χ0n) is 27.2. The molecule has 1 aliphatic heterocycles. The molecule has 2 amide bonds. The van der Waals surface area contributed by atoms with Crippen LogP contribution in [0, 0.1) is 5.92 Å². The van der Waals surface area contributed by atoms with Crippen molar-refractivity contribution in [2.45, 2.75) is 52.1 Å². The van der Waals surface area contributed by atoms with Gasteiger partial charge in [-0.25, -0.2) is 0 Å². The maximum Gasteiger partial charge on any atom is 0.251 e. The maximum absolute atomic E-state index is 14.3. The summed E-state index contributed by atoms with van der Waals surface area (Å²) in [5.41, 5.74) is 10.2. The first-order valence-electron chi connectivity index (χ1n) is 16.0. The van der Waals surface area contributed by atoms with Crippen molar-refractivity contribution in [3.8, 4) is 11.1 Å². The van der Waals surface area contributed by atoms with Gasteiger partial charge >= 0.3 is 0 Å². The van der Waals surface area contributed by atoms with Crippen molar-refractivity contribution < 1.29 is 9.59 Å². The molecule has 1 saturated heterocycles. The molecule has 0 radical (unpaired) electrons. The van der Waals surface area contributed by atoms with Crippen LogP contribution in [0.3, 0.4) is 0 Å². The molecular weight excluding hydrogens is 615 g/mol. The second-order valence-corrected chi connectivity index (χ2v) is 12.5. The summed E-state index contributed by atoms with van der Waals surface area (Å²) in [7, 11) is 0. The quantitative estimate of drug-likeness (QED) is 0.177. The smallest absolute Gasteiger partial charge is 0.251 e. The van der Waals surface area contributed by atoms with Crippen LogP contribution in [0.4, 0.5) is 0 Å². The Hall–Kier alpha value is -3.42. The molecule has 1 fully saturated rings. The number of nitrogens with zero attached hydrogens (tertiary/aromatic N) is 2. The third-order valence-electron chi connectivity index (χ3n) is 8.73. The van der Waals surface area contributed by atoms with Gasteiger partial charge in [0.1, 0.15) is 0 Å². The van der Waals surface area contributed by atoms with E-state index in [-0.39, 0.29) is 48.7 Å². The molecule has 1 heterocycles. The van der Waals surface area contributed by atoms with Gasteiger partial charge in [-0.1, -0.05) is 92.7 Å². The van der Waals surface area contributed by atoms with Crippen LogP contribution in [-0.4, -0.2) is 60.4 Å². The summed E-state index contributed by atoms with van der Waals surface area (Å²) >= 11 is 0. The number of likely N-dealkylation sites (tertiary alicyclic amines) is 1. The zero-order valence-corrected chi connectivity index (χ0v) is 28.8. The van der Waals surface area contributed by atoms with Crippen molar-refractivity contribution in [2.24, 2.45) is 11.7 Å². The van der Waals surface area contributed by atoms with E-state index in [0.29, 0.717) is 31.0 Å². The number of benzene rings is 4. The Balaban J connectivity index is 0.00000288. The monoisotopic (exact) mass is 662 g/mol. The number of carbonyl (C=O) groups is 2. The lowest BCUT2D eigenvalue weighted by atomic mass is 9.93. The number of carbonyl (C=O) groups excluding carboxylic acids is 2. The molecule has 6 nitrogen and oxygen atoms in total. The molecule has 0 saturated carbocycles. The summed E-state index contributed by atoms with van der Waals surface area (Å²) < 4.78 is 0. The Labute approximate surface area is 286 Å². The fourth-order valence-corrected chi connectivity index (χ4v) is 6.59. The van der Waals surface area contributed by atoms with E-state index in [1.165, 1.54) is 5.39 Å². The number of piperidine rings is 1. The van der Waals surface area contributed by atoms with Crippen molar-refractivity contribution in [1.29, 1.82) is 0 Å². The van der Waals surface area contributed by atoms with Crippen molar-refractivity contribution in [1.82, 2.24) is 15.1 Å². The summed E-state index contributed by atoms with van der Waals surface area (Å²) in [6.07, 6.45) is 2.29. The first-order chi connectivity index (χ1) is 21.3. The van der Waals surface area contributed by atoms with Gasteiger partial charge in [-0.2, -0.15) is 0 Å². The average molecular weight is 664 g/mol. The summed E-state index contributed by atoms with van der Waals surface area (Å²) in [5.74, 6) is 0.644. The number of fused-ring (bicyclic) bond motifs is 1. The van der Waals surface area contributed by atoms with Crippen LogP contribution in [0.5, 0.6) is 0 Å². The van der Waals surface area contributed by atoms with Crippen LogP contribution < -0.4 is 11.1 Å². The lowest BCUT2D eigenvalue weighted by Gasteiger charge is -2.42. The number of amides is 2. The minimum atomic E-state index is -0.134. The molecule has 4 aromatic carbocycles. The molecule has 4 aromatic rings. The van der Waals surface area contributed by atoms with Crippen LogP contribution in [0.2, 0.25) is 0 Å². The van der Waals surface area contributed by atoms with E-state index in [4.69, 9.17) is 5.73 Å². The van der Waals surface area contributed by atoms with E-state index in [1.807, 2.05) is 48.5 Å². The summed E-state index contributed by atoms with van der Waals surface area (Å²) in [5, 5.41) is 5.24. The number of hydrogen-bond donors (Lipinski definition) is 2. The fraction of sp³-hybridized carbons (Fsp3) is 0.368. The maximum atomic E-state index is 14.3. The molecule has 0 spiro atoms. The van der Waals surface area contributed by atoms with Crippen LogP contribution in [0.15, 0.2) is 91.0 Å². The highest BCUT2D eigenvalue weighted by Gasteiger charge is 2.32. The second-order valence-electron chi connectivity index (χ2n) is 12.5. The number of nitrogens with two attached hydrogens (primary N) is 1. The SMILES string of the molecule is CC(C)CN1CCC(N(C(=O)Cc2ccc3ccccc3c2)C(C)c2cccc(-c3ccccc3C(=O)NCCN)c2)CC1.Cl.Cl. The van der Waals surface area contributed by atoms with E-state index in [2.05, 4.69) is 78.4 Å². The van der Waals surface area contributed by atoms with Gasteiger partial charge in [-0.05, 0) is 70.8 Å². The highest BCUT2D eigenvalue weighted by atomic mass is 35.5. The third kappa shape index (κ3) is 9.10. The van der Waals surface area contributed by atoms with Crippen LogP contribution in [-0.2, 0) is 11.2 Å². The van der Waals surface area contributed by atoms with Crippen LogP contribution in [0.25, 0.3) is 21.9 Å². The molecule has 46 heavy (non-hydrogen) atoms. The number of hydrogen-bond acceptors (Lipinski definition) is 4. The first kappa shape index (κ1) is 37.0. The van der Waals surface area contributed by atoms with E-state index in [9.17, 15) is 9.59 Å². The van der Waals surface area contributed by atoms with Crippen molar-refractivity contribution in [3.05, 3.63) is 108 Å². The van der Waals surface area contributed by atoms with Crippen molar-refractivity contribution >= 4 is 47.4 Å². The molecule has 1 unspecified atom stereocenters. The molecule has 5 rings (SSSR count). The first-order valence-corrected chi connectivity index (χ1v) is 16.0. The van der Waals surface area contributed by atoms with E-state index >= 15 is 0 Å². The summed E-state index contributed by atoms with van der Waals surface area (Å²) in [6.45, 7) is 10.6. The van der Waals surface area contributed by atoms with Gasteiger partial charge in [0.05, 0.1) is 12.5 Å². The molecular formula is C38H48Cl2N4O2. The van der Waals surface area contributed by atoms with Gasteiger partial charge in [0.2, 0.25) is 5.91 Å². The molecule has 8 heteroatoms. The van der Waals surface area contributed by atoms with Crippen LogP contribution >= 0.6 is 24.8 Å². The third-order valence-corrected chi connectivity index (χ3v) is 8.73. The normalized spacial score (nSPS) is 14.3. The van der Waals surface area contributed by atoms with Gasteiger partial charge in [0.15, 0.2) is 0 Å². The van der Waals surface area contributed by atoms with Crippen LogP contribution in [0.1, 0.15) is 61.1 Å². The molecule has 0 bridgehead atoms. The molecule has 1 aliphatic rings. The largest absolute Gasteiger partial charge is 0.351 e. The topological polar surface area (TPSA) is 78.7 Å².